The third-order valence-electron chi connectivity index (χ3n) is 4.04. The Morgan fingerprint density at radius 3 is 2.43 bits per heavy atom. The highest BCUT2D eigenvalue weighted by Crippen LogP contribution is 2.19. The van der Waals surface area contributed by atoms with Gasteiger partial charge in [0.15, 0.2) is 0 Å². The fourth-order valence-electron chi connectivity index (χ4n) is 2.52. The minimum absolute atomic E-state index is 0.176. The van der Waals surface area contributed by atoms with Gasteiger partial charge in [0.05, 0.1) is 21.8 Å². The topological polar surface area (TPSA) is 133 Å². The first-order valence-electron chi connectivity index (χ1n) is 8.70. The lowest BCUT2D eigenvalue weighted by Crippen LogP contribution is -2.43. The Kier molecular flexibility index (Phi) is 8.07. The van der Waals surface area contributed by atoms with E-state index in [1.165, 1.54) is 24.3 Å². The number of para-hydroxylation sites is 1. The molecule has 1 amide bonds. The Labute approximate surface area is 181 Å². The smallest absolute Gasteiger partial charge is 0.329 e. The van der Waals surface area contributed by atoms with Crippen molar-refractivity contribution in [2.24, 2.45) is 0 Å². The molecule has 30 heavy (non-hydrogen) atoms. The summed E-state index contributed by atoms with van der Waals surface area (Å²) in [6.45, 7) is -0.393. The fourth-order valence-corrected chi connectivity index (χ4v) is 3.65. The van der Waals surface area contributed by atoms with Gasteiger partial charge in [-0.05, 0) is 40.5 Å². The summed E-state index contributed by atoms with van der Waals surface area (Å²) >= 11 is 3.24. The van der Waals surface area contributed by atoms with Crippen molar-refractivity contribution in [3.8, 4) is 0 Å². The van der Waals surface area contributed by atoms with E-state index in [1.807, 2.05) is 0 Å². The number of amides is 1. The molecule has 1 N–H and O–H groups in total. The molecule has 0 aliphatic heterocycles. The molecule has 9 nitrogen and oxygen atoms in total. The largest absolute Gasteiger partial charge is 0.459 e. The maximum atomic E-state index is 12.6. The second-order valence-electron chi connectivity index (χ2n) is 6.42. The Hall–Kier alpha value is -2.79. The average Bonchev–Trinajstić information content (AvgIpc) is 2.68. The average molecular weight is 499 g/mol. The Balaban J connectivity index is 2.15. The molecule has 0 aromatic heterocycles. The SMILES string of the molecule is CS(=O)(=O)CCC(NC(=O)c1ccccc1Br)C(=O)OCc1ccccc1[N+](=O)[O-]. The third kappa shape index (κ3) is 6.92. The van der Waals surface area contributed by atoms with Crippen LogP contribution in [0, 0.1) is 10.1 Å². The first-order chi connectivity index (χ1) is 14.1. The van der Waals surface area contributed by atoms with Gasteiger partial charge < -0.3 is 10.1 Å². The molecule has 0 spiro atoms. The zero-order chi connectivity index (χ0) is 22.3. The van der Waals surface area contributed by atoms with Gasteiger partial charge in [-0.15, -0.1) is 0 Å². The summed E-state index contributed by atoms with van der Waals surface area (Å²) in [4.78, 5) is 35.6. The highest BCUT2D eigenvalue weighted by atomic mass is 79.9. The van der Waals surface area contributed by atoms with Crippen LogP contribution in [0.5, 0.6) is 0 Å². The van der Waals surface area contributed by atoms with Crippen molar-refractivity contribution in [1.29, 1.82) is 0 Å². The number of nitrogens with zero attached hydrogens (tertiary/aromatic N) is 1. The fraction of sp³-hybridized carbons (Fsp3) is 0.263. The minimum atomic E-state index is -3.40. The monoisotopic (exact) mass is 498 g/mol. The van der Waals surface area contributed by atoms with Crippen LogP contribution in [0.2, 0.25) is 0 Å². The number of ether oxygens (including phenoxy) is 1. The van der Waals surface area contributed by atoms with Gasteiger partial charge in [-0.25, -0.2) is 13.2 Å². The van der Waals surface area contributed by atoms with Crippen molar-refractivity contribution in [2.45, 2.75) is 19.1 Å². The number of carbonyl (C=O) groups is 2. The molecule has 11 heteroatoms. The molecule has 0 saturated heterocycles. The van der Waals surface area contributed by atoms with E-state index in [9.17, 15) is 28.1 Å². The van der Waals surface area contributed by atoms with E-state index in [-0.39, 0.29) is 29.0 Å². The van der Waals surface area contributed by atoms with Crippen LogP contribution in [0.25, 0.3) is 0 Å². The molecule has 2 aromatic rings. The number of hydrogen-bond acceptors (Lipinski definition) is 7. The number of esters is 1. The second-order valence-corrected chi connectivity index (χ2v) is 9.53. The van der Waals surface area contributed by atoms with Crippen LogP contribution in [0.1, 0.15) is 22.3 Å². The standard InChI is InChI=1S/C19H19BrN2O7S/c1-30(27,28)11-10-16(21-18(23)14-7-3-4-8-15(14)20)19(24)29-12-13-6-2-5-9-17(13)22(25)26/h2-9,16H,10-12H2,1H3,(H,21,23). The van der Waals surface area contributed by atoms with Crippen LogP contribution in [0.3, 0.4) is 0 Å². The third-order valence-corrected chi connectivity index (χ3v) is 5.71. The Morgan fingerprint density at radius 1 is 1.17 bits per heavy atom. The van der Waals surface area contributed by atoms with Crippen molar-refractivity contribution in [2.75, 3.05) is 12.0 Å². The van der Waals surface area contributed by atoms with Crippen molar-refractivity contribution >= 4 is 43.3 Å². The van der Waals surface area contributed by atoms with E-state index in [1.54, 1.807) is 24.3 Å². The summed E-state index contributed by atoms with van der Waals surface area (Å²) in [6, 6.07) is 11.0. The molecule has 0 bridgehead atoms. The van der Waals surface area contributed by atoms with Crippen LogP contribution in [0.15, 0.2) is 53.0 Å². The molecule has 2 aromatic carbocycles. The number of sulfone groups is 1. The van der Waals surface area contributed by atoms with Crippen molar-refractivity contribution in [1.82, 2.24) is 5.32 Å². The van der Waals surface area contributed by atoms with Gasteiger partial charge in [-0.2, -0.15) is 0 Å². The van der Waals surface area contributed by atoms with Gasteiger partial charge in [0.2, 0.25) is 0 Å². The molecule has 0 aliphatic carbocycles. The van der Waals surface area contributed by atoms with E-state index >= 15 is 0 Å². The van der Waals surface area contributed by atoms with Gasteiger partial charge in [0, 0.05) is 16.8 Å². The molecule has 0 aliphatic rings. The number of nitro benzene ring substituents is 1. The Bertz CT molecular complexity index is 1060. The molecular formula is C19H19BrN2O7S. The van der Waals surface area contributed by atoms with Crippen molar-refractivity contribution in [3.05, 3.63) is 74.2 Å². The molecule has 160 valence electrons. The maximum absolute atomic E-state index is 12.6. The molecule has 0 saturated carbocycles. The van der Waals surface area contributed by atoms with E-state index in [4.69, 9.17) is 4.74 Å². The first kappa shape index (κ1) is 23.5. The van der Waals surface area contributed by atoms with E-state index in [0.29, 0.717) is 4.47 Å². The summed E-state index contributed by atoms with van der Waals surface area (Å²) in [7, 11) is -3.40. The summed E-state index contributed by atoms with van der Waals surface area (Å²) < 4.78 is 28.7. The van der Waals surface area contributed by atoms with Gasteiger partial charge >= 0.3 is 5.97 Å². The van der Waals surface area contributed by atoms with Crippen LogP contribution < -0.4 is 5.32 Å². The quantitative estimate of drug-likeness (QED) is 0.319. The van der Waals surface area contributed by atoms with E-state index in [0.717, 1.165) is 6.26 Å². The number of halogens is 1. The molecule has 0 radical (unpaired) electrons. The highest BCUT2D eigenvalue weighted by molar-refractivity contribution is 9.10. The van der Waals surface area contributed by atoms with Gasteiger partial charge in [-0.3, -0.25) is 14.9 Å². The predicted molar refractivity (Wildman–Crippen MR) is 113 cm³/mol. The first-order valence-corrected chi connectivity index (χ1v) is 11.6. The maximum Gasteiger partial charge on any atom is 0.329 e. The van der Waals surface area contributed by atoms with E-state index < -0.39 is 39.3 Å². The van der Waals surface area contributed by atoms with E-state index in [2.05, 4.69) is 21.2 Å². The Morgan fingerprint density at radius 2 is 1.80 bits per heavy atom. The summed E-state index contributed by atoms with van der Waals surface area (Å²) in [5.74, 6) is -1.84. The highest BCUT2D eigenvalue weighted by Gasteiger charge is 2.26. The van der Waals surface area contributed by atoms with Crippen LogP contribution >= 0.6 is 15.9 Å². The normalized spacial score (nSPS) is 12.1. The molecule has 0 fully saturated rings. The number of hydrogen-bond donors (Lipinski definition) is 1. The lowest BCUT2D eigenvalue weighted by atomic mass is 10.1. The number of carbonyl (C=O) groups excluding carboxylic acids is 2. The molecule has 2 rings (SSSR count). The number of rotatable bonds is 9. The minimum Gasteiger partial charge on any atom is -0.459 e. The second kappa shape index (κ2) is 10.3. The molecular weight excluding hydrogens is 480 g/mol. The zero-order valence-corrected chi connectivity index (χ0v) is 18.3. The lowest BCUT2D eigenvalue weighted by molar-refractivity contribution is -0.385. The van der Waals surface area contributed by atoms with Crippen LogP contribution in [0.4, 0.5) is 5.69 Å². The number of benzene rings is 2. The summed E-state index contributed by atoms with van der Waals surface area (Å²) in [5, 5.41) is 13.6. The van der Waals surface area contributed by atoms with Gasteiger partial charge in [0.25, 0.3) is 11.6 Å². The van der Waals surface area contributed by atoms with Gasteiger partial charge in [0.1, 0.15) is 22.5 Å². The zero-order valence-electron chi connectivity index (χ0n) is 15.9. The van der Waals surface area contributed by atoms with Crippen molar-refractivity contribution < 1.29 is 27.7 Å². The number of nitrogens with one attached hydrogen (secondary N) is 1. The van der Waals surface area contributed by atoms with Crippen LogP contribution in [-0.2, 0) is 26.0 Å². The predicted octanol–water partition coefficient (Wildman–Crippen LogP) is 2.63. The molecule has 0 heterocycles. The van der Waals surface area contributed by atoms with Crippen LogP contribution in [-0.4, -0.2) is 43.3 Å². The molecule has 1 atom stereocenters. The van der Waals surface area contributed by atoms with Gasteiger partial charge in [-0.1, -0.05) is 24.3 Å². The lowest BCUT2D eigenvalue weighted by Gasteiger charge is -2.18. The molecule has 1 unspecified atom stereocenters. The number of nitro groups is 1. The summed E-state index contributed by atoms with van der Waals surface area (Å²) in [6.07, 6.45) is 0.809. The summed E-state index contributed by atoms with van der Waals surface area (Å²) in [5.41, 5.74) is 0.221. The van der Waals surface area contributed by atoms with Crippen molar-refractivity contribution in [3.63, 3.8) is 0 Å².